The Bertz CT molecular complexity index is 1060. The topological polar surface area (TPSA) is 156 Å². The first kappa shape index (κ1) is 21.3. The van der Waals surface area contributed by atoms with E-state index in [9.17, 15) is 24.0 Å². The van der Waals surface area contributed by atoms with Gasteiger partial charge in [-0.15, -0.1) is 0 Å². The van der Waals surface area contributed by atoms with E-state index < -0.39 is 29.7 Å². The molecule has 5 amide bonds. The van der Waals surface area contributed by atoms with Gasteiger partial charge in [0.15, 0.2) is 0 Å². The highest BCUT2D eigenvalue weighted by atomic mass is 16.2. The number of amides is 5. The number of azide groups is 1. The van der Waals surface area contributed by atoms with Gasteiger partial charge in [0.2, 0.25) is 17.7 Å². The zero-order valence-electron chi connectivity index (χ0n) is 17.2. The average Bonchev–Trinajstić information content (AvgIpc) is 3.04. The van der Waals surface area contributed by atoms with Crippen LogP contribution in [0.3, 0.4) is 0 Å². The molecule has 0 bridgehead atoms. The molecule has 1 atom stereocenters. The molecule has 12 nitrogen and oxygen atoms in total. The van der Waals surface area contributed by atoms with Crippen LogP contribution in [-0.4, -0.2) is 78.1 Å². The molecule has 0 aliphatic carbocycles. The molecular formula is C20H21N7O5. The predicted molar refractivity (Wildman–Crippen MR) is 111 cm³/mol. The van der Waals surface area contributed by atoms with Gasteiger partial charge in [-0.1, -0.05) is 11.2 Å². The van der Waals surface area contributed by atoms with Crippen LogP contribution in [0.4, 0.5) is 5.69 Å². The monoisotopic (exact) mass is 439 g/mol. The highest BCUT2D eigenvalue weighted by Gasteiger charge is 2.46. The molecule has 3 heterocycles. The number of hydrogen-bond donors (Lipinski definition) is 1. The third kappa shape index (κ3) is 3.76. The number of nitrogens with zero attached hydrogens (tertiary/aromatic N) is 6. The summed E-state index contributed by atoms with van der Waals surface area (Å²) >= 11 is 0. The van der Waals surface area contributed by atoms with Gasteiger partial charge >= 0.3 is 0 Å². The van der Waals surface area contributed by atoms with Gasteiger partial charge in [0.1, 0.15) is 6.04 Å². The van der Waals surface area contributed by atoms with Crippen molar-refractivity contribution in [2.75, 3.05) is 37.6 Å². The Balaban J connectivity index is 1.50. The summed E-state index contributed by atoms with van der Waals surface area (Å²) in [4.78, 5) is 69.3. The molecule has 0 aromatic heterocycles. The van der Waals surface area contributed by atoms with Crippen LogP contribution < -0.4 is 10.2 Å². The lowest BCUT2D eigenvalue weighted by molar-refractivity contribution is -0.136. The molecule has 0 radical (unpaired) electrons. The van der Waals surface area contributed by atoms with E-state index in [1.807, 2.05) is 4.90 Å². The first-order valence-electron chi connectivity index (χ1n) is 10.3. The lowest BCUT2D eigenvalue weighted by atomic mass is 10.0. The first-order chi connectivity index (χ1) is 15.4. The van der Waals surface area contributed by atoms with Gasteiger partial charge in [-0.2, -0.15) is 0 Å². The number of benzene rings is 1. The fourth-order valence-electron chi connectivity index (χ4n) is 4.31. The molecule has 2 fully saturated rings. The van der Waals surface area contributed by atoms with Crippen molar-refractivity contribution in [3.63, 3.8) is 0 Å². The van der Waals surface area contributed by atoms with Gasteiger partial charge in [0.05, 0.1) is 16.8 Å². The summed E-state index contributed by atoms with van der Waals surface area (Å²) in [7, 11) is 0. The van der Waals surface area contributed by atoms with E-state index in [-0.39, 0.29) is 42.8 Å². The SMILES string of the molecule is [N-]=[N+]=NCCC(=O)N1CCN(c2cccc3c2C(=O)N(C2CCC(=O)NC2=O)C3=O)CC1. The van der Waals surface area contributed by atoms with Crippen LogP contribution in [0.5, 0.6) is 0 Å². The van der Waals surface area contributed by atoms with Crippen LogP contribution in [0, 0.1) is 0 Å². The van der Waals surface area contributed by atoms with Crippen LogP contribution in [0.1, 0.15) is 40.0 Å². The van der Waals surface area contributed by atoms with Crippen molar-refractivity contribution in [2.45, 2.75) is 25.3 Å². The summed E-state index contributed by atoms with van der Waals surface area (Å²) in [5.41, 5.74) is 9.38. The van der Waals surface area contributed by atoms with E-state index in [1.165, 1.54) is 0 Å². The summed E-state index contributed by atoms with van der Waals surface area (Å²) in [5.74, 6) is -2.28. The lowest BCUT2D eigenvalue weighted by Gasteiger charge is -2.36. The summed E-state index contributed by atoms with van der Waals surface area (Å²) in [6.45, 7) is 1.89. The number of carbonyl (C=O) groups excluding carboxylic acids is 5. The first-order valence-corrected chi connectivity index (χ1v) is 10.3. The maximum Gasteiger partial charge on any atom is 0.264 e. The fourth-order valence-corrected chi connectivity index (χ4v) is 4.31. The van der Waals surface area contributed by atoms with Gasteiger partial charge in [-0.3, -0.25) is 34.2 Å². The Labute approximate surface area is 182 Å². The molecule has 1 N–H and O–H groups in total. The third-order valence-electron chi connectivity index (χ3n) is 5.91. The van der Waals surface area contributed by atoms with Crippen molar-refractivity contribution in [3.05, 3.63) is 39.8 Å². The highest BCUT2D eigenvalue weighted by molar-refractivity contribution is 6.25. The van der Waals surface area contributed by atoms with Crippen molar-refractivity contribution >= 4 is 35.2 Å². The van der Waals surface area contributed by atoms with Gasteiger partial charge in [0, 0.05) is 50.5 Å². The summed E-state index contributed by atoms with van der Waals surface area (Å²) in [5, 5.41) is 5.57. The Morgan fingerprint density at radius 3 is 2.56 bits per heavy atom. The third-order valence-corrected chi connectivity index (χ3v) is 5.91. The Morgan fingerprint density at radius 1 is 1.12 bits per heavy atom. The van der Waals surface area contributed by atoms with Gasteiger partial charge in [0.25, 0.3) is 11.8 Å². The number of hydrogen-bond acceptors (Lipinski definition) is 7. The molecular weight excluding hydrogens is 418 g/mol. The molecule has 0 spiro atoms. The maximum atomic E-state index is 13.2. The Morgan fingerprint density at radius 2 is 1.88 bits per heavy atom. The molecule has 1 unspecified atom stereocenters. The smallest absolute Gasteiger partial charge is 0.264 e. The van der Waals surface area contributed by atoms with Gasteiger partial charge in [-0.25, -0.2) is 0 Å². The van der Waals surface area contributed by atoms with Crippen LogP contribution >= 0.6 is 0 Å². The van der Waals surface area contributed by atoms with Crippen LogP contribution in [-0.2, 0) is 14.4 Å². The molecule has 2 saturated heterocycles. The zero-order valence-corrected chi connectivity index (χ0v) is 17.2. The summed E-state index contributed by atoms with van der Waals surface area (Å²) < 4.78 is 0. The number of anilines is 1. The number of imide groups is 2. The number of carbonyl (C=O) groups is 5. The second-order valence-electron chi connectivity index (χ2n) is 7.72. The normalized spacial score (nSPS) is 20.8. The number of fused-ring (bicyclic) bond motifs is 1. The fraction of sp³-hybridized carbons (Fsp3) is 0.450. The Hall–Kier alpha value is -3.92. The second kappa shape index (κ2) is 8.67. The minimum Gasteiger partial charge on any atom is -0.367 e. The van der Waals surface area contributed by atoms with Crippen molar-refractivity contribution < 1.29 is 24.0 Å². The Kier molecular flexibility index (Phi) is 5.78. The number of rotatable bonds is 5. The number of nitrogens with one attached hydrogen (secondary N) is 1. The van der Waals surface area contributed by atoms with Gasteiger partial charge < -0.3 is 9.80 Å². The molecule has 3 aliphatic rings. The van der Waals surface area contributed by atoms with Crippen molar-refractivity contribution in [1.29, 1.82) is 0 Å². The molecule has 166 valence electrons. The molecule has 32 heavy (non-hydrogen) atoms. The molecule has 1 aromatic rings. The maximum absolute atomic E-state index is 13.2. The van der Waals surface area contributed by atoms with Gasteiger partial charge in [-0.05, 0) is 24.1 Å². The van der Waals surface area contributed by atoms with Crippen molar-refractivity contribution in [1.82, 2.24) is 15.1 Å². The molecule has 3 aliphatic heterocycles. The number of piperazine rings is 1. The van der Waals surface area contributed by atoms with Crippen LogP contribution in [0.15, 0.2) is 23.3 Å². The van der Waals surface area contributed by atoms with Crippen molar-refractivity contribution in [2.24, 2.45) is 5.11 Å². The van der Waals surface area contributed by atoms with E-state index in [2.05, 4.69) is 15.3 Å². The average molecular weight is 439 g/mol. The lowest BCUT2D eigenvalue weighted by Crippen LogP contribution is -2.54. The van der Waals surface area contributed by atoms with E-state index >= 15 is 0 Å². The summed E-state index contributed by atoms with van der Waals surface area (Å²) in [6, 6.07) is 3.97. The molecule has 12 heteroatoms. The molecule has 4 rings (SSSR count). The highest BCUT2D eigenvalue weighted by Crippen LogP contribution is 2.34. The van der Waals surface area contributed by atoms with E-state index in [0.717, 1.165) is 4.90 Å². The number of piperidine rings is 1. The quantitative estimate of drug-likeness (QED) is 0.304. The van der Waals surface area contributed by atoms with Crippen molar-refractivity contribution in [3.8, 4) is 0 Å². The van der Waals surface area contributed by atoms with Crippen LogP contribution in [0.2, 0.25) is 0 Å². The second-order valence-corrected chi connectivity index (χ2v) is 7.72. The molecule has 1 aromatic carbocycles. The summed E-state index contributed by atoms with van der Waals surface area (Å²) in [6.07, 6.45) is 0.299. The van der Waals surface area contributed by atoms with E-state index in [1.54, 1.807) is 23.1 Å². The standard InChI is InChI=1S/C20H21N7O5/c21-24-22-7-6-16(29)26-10-8-25(9-11-26)13-3-1-2-12-17(13)20(32)27(19(12)31)14-4-5-15(28)23-18(14)30/h1-3,14H,4-11H2,(H,23,28,30). The van der Waals surface area contributed by atoms with E-state index in [4.69, 9.17) is 5.53 Å². The minimum absolute atomic E-state index is 0.0618. The zero-order chi connectivity index (χ0) is 22.8. The minimum atomic E-state index is -1.02. The molecule has 0 saturated carbocycles. The predicted octanol–water partition coefficient (Wildman–Crippen LogP) is 0.437. The van der Waals surface area contributed by atoms with E-state index in [0.29, 0.717) is 31.9 Å². The largest absolute Gasteiger partial charge is 0.367 e. The van der Waals surface area contributed by atoms with Crippen LogP contribution in [0.25, 0.3) is 10.4 Å².